The average Bonchev–Trinajstić information content (AvgIpc) is 3.00. The number of aromatic amines is 1. The van der Waals surface area contributed by atoms with E-state index in [2.05, 4.69) is 20.2 Å². The predicted octanol–water partition coefficient (Wildman–Crippen LogP) is 1.71. The van der Waals surface area contributed by atoms with Gasteiger partial charge in [0, 0.05) is 42.4 Å². The summed E-state index contributed by atoms with van der Waals surface area (Å²) in [5.41, 5.74) is 2.33. The van der Waals surface area contributed by atoms with E-state index in [9.17, 15) is 9.59 Å². The van der Waals surface area contributed by atoms with E-state index in [-0.39, 0.29) is 16.9 Å². The Morgan fingerprint density at radius 3 is 3.07 bits per heavy atom. The van der Waals surface area contributed by atoms with Crippen LogP contribution in [0, 0.1) is 6.92 Å². The Balaban J connectivity index is 1.65. The van der Waals surface area contributed by atoms with E-state index in [4.69, 9.17) is 4.98 Å². The Kier molecular flexibility index (Phi) is 4.45. The maximum Gasteiger partial charge on any atom is 0.254 e. The summed E-state index contributed by atoms with van der Waals surface area (Å²) >= 11 is 0. The number of nitrogens with zero attached hydrogens (tertiary/aromatic N) is 3. The summed E-state index contributed by atoms with van der Waals surface area (Å²) in [5, 5.41) is 2.83. The minimum absolute atomic E-state index is 0.00265. The molecule has 142 valence electrons. The van der Waals surface area contributed by atoms with Crippen molar-refractivity contribution in [3.8, 4) is 0 Å². The molecule has 1 saturated heterocycles. The highest BCUT2D eigenvalue weighted by Gasteiger charge is 2.44. The van der Waals surface area contributed by atoms with Crippen LogP contribution in [0.2, 0.25) is 0 Å². The first kappa shape index (κ1) is 17.7. The first-order valence-corrected chi connectivity index (χ1v) is 9.62. The SMILES string of the molecule is CCNC(=O)c1ccnc(N2CCCC3(CCc4c3nc(C)[nH]c4=O)C2)c1. The third-order valence-electron chi connectivity index (χ3n) is 5.74. The van der Waals surface area contributed by atoms with Gasteiger partial charge >= 0.3 is 0 Å². The average molecular weight is 367 g/mol. The van der Waals surface area contributed by atoms with Crippen molar-refractivity contribution in [2.24, 2.45) is 0 Å². The van der Waals surface area contributed by atoms with Crippen molar-refractivity contribution in [1.29, 1.82) is 0 Å². The van der Waals surface area contributed by atoms with Gasteiger partial charge in [0.1, 0.15) is 11.6 Å². The standard InChI is InChI=1S/C20H25N5O2/c1-3-21-18(26)14-6-9-22-16(11-14)25-10-4-7-20(12-25)8-5-15-17(20)23-13(2)24-19(15)27/h6,9,11H,3-5,7-8,10,12H2,1-2H3,(H,21,26)(H,23,24,27). The molecular weight excluding hydrogens is 342 g/mol. The second-order valence-corrected chi connectivity index (χ2v) is 7.55. The molecule has 7 nitrogen and oxygen atoms in total. The summed E-state index contributed by atoms with van der Waals surface area (Å²) in [4.78, 5) is 38.8. The minimum Gasteiger partial charge on any atom is -0.356 e. The highest BCUT2D eigenvalue weighted by molar-refractivity contribution is 5.94. The van der Waals surface area contributed by atoms with E-state index in [1.807, 2.05) is 19.9 Å². The largest absolute Gasteiger partial charge is 0.356 e. The number of piperidine rings is 1. The lowest BCUT2D eigenvalue weighted by atomic mass is 9.77. The quantitative estimate of drug-likeness (QED) is 0.862. The number of H-pyrrole nitrogens is 1. The molecule has 0 bridgehead atoms. The molecule has 1 aliphatic heterocycles. The Hall–Kier alpha value is -2.70. The zero-order valence-corrected chi connectivity index (χ0v) is 15.8. The highest BCUT2D eigenvalue weighted by Crippen LogP contribution is 2.43. The summed E-state index contributed by atoms with van der Waals surface area (Å²) in [6.45, 7) is 6.01. The van der Waals surface area contributed by atoms with Gasteiger partial charge < -0.3 is 15.2 Å². The molecule has 2 aliphatic rings. The number of pyridine rings is 1. The van der Waals surface area contributed by atoms with Crippen LogP contribution in [-0.4, -0.2) is 40.5 Å². The van der Waals surface area contributed by atoms with Gasteiger partial charge in [0.25, 0.3) is 11.5 Å². The molecule has 1 aliphatic carbocycles. The van der Waals surface area contributed by atoms with Crippen LogP contribution in [0.25, 0.3) is 0 Å². The highest BCUT2D eigenvalue weighted by atomic mass is 16.1. The van der Waals surface area contributed by atoms with Gasteiger partial charge in [-0.3, -0.25) is 9.59 Å². The van der Waals surface area contributed by atoms with Crippen molar-refractivity contribution in [2.45, 2.75) is 44.9 Å². The summed E-state index contributed by atoms with van der Waals surface area (Å²) in [6, 6.07) is 3.60. The van der Waals surface area contributed by atoms with Gasteiger partial charge in [-0.2, -0.15) is 0 Å². The number of hydrogen-bond acceptors (Lipinski definition) is 5. The van der Waals surface area contributed by atoms with Gasteiger partial charge in [-0.05, 0) is 51.7 Å². The van der Waals surface area contributed by atoms with Crippen LogP contribution in [0.1, 0.15) is 53.6 Å². The van der Waals surface area contributed by atoms with E-state index in [0.717, 1.165) is 55.8 Å². The monoisotopic (exact) mass is 367 g/mol. The molecule has 1 unspecified atom stereocenters. The maximum absolute atomic E-state index is 12.3. The molecule has 1 amide bonds. The summed E-state index contributed by atoms with van der Waals surface area (Å²) in [5.74, 6) is 1.41. The number of carbonyl (C=O) groups excluding carboxylic acids is 1. The van der Waals surface area contributed by atoms with Crippen LogP contribution < -0.4 is 15.8 Å². The molecule has 2 aromatic rings. The third-order valence-corrected chi connectivity index (χ3v) is 5.74. The third kappa shape index (κ3) is 3.11. The predicted molar refractivity (Wildman–Crippen MR) is 103 cm³/mol. The van der Waals surface area contributed by atoms with E-state index < -0.39 is 0 Å². The minimum atomic E-state index is -0.101. The van der Waals surface area contributed by atoms with Gasteiger partial charge in [-0.25, -0.2) is 9.97 Å². The molecule has 1 fully saturated rings. The molecule has 3 heterocycles. The molecule has 27 heavy (non-hydrogen) atoms. The molecule has 0 aromatic carbocycles. The summed E-state index contributed by atoms with van der Waals surface area (Å²) in [7, 11) is 0. The van der Waals surface area contributed by atoms with E-state index >= 15 is 0 Å². The van der Waals surface area contributed by atoms with Crippen LogP contribution in [0.5, 0.6) is 0 Å². The maximum atomic E-state index is 12.3. The topological polar surface area (TPSA) is 91.0 Å². The second kappa shape index (κ2) is 6.79. The van der Waals surface area contributed by atoms with Gasteiger partial charge in [-0.15, -0.1) is 0 Å². The molecule has 1 spiro atoms. The number of aryl methyl sites for hydroxylation is 1. The Bertz CT molecular complexity index is 938. The van der Waals surface area contributed by atoms with Gasteiger partial charge in [-0.1, -0.05) is 0 Å². The Morgan fingerprint density at radius 2 is 2.26 bits per heavy atom. The number of hydrogen-bond donors (Lipinski definition) is 2. The fourth-order valence-electron chi connectivity index (χ4n) is 4.48. The van der Waals surface area contributed by atoms with Gasteiger partial charge in [0.05, 0.1) is 5.69 Å². The van der Waals surface area contributed by atoms with Crippen LogP contribution >= 0.6 is 0 Å². The van der Waals surface area contributed by atoms with Gasteiger partial charge in [0.15, 0.2) is 0 Å². The molecule has 2 N–H and O–H groups in total. The van der Waals surface area contributed by atoms with Crippen LogP contribution in [0.15, 0.2) is 23.1 Å². The number of rotatable bonds is 3. The number of aromatic nitrogens is 3. The molecule has 1 atom stereocenters. The molecule has 2 aromatic heterocycles. The van der Waals surface area contributed by atoms with Crippen molar-refractivity contribution < 1.29 is 4.79 Å². The molecule has 4 rings (SSSR count). The summed E-state index contributed by atoms with van der Waals surface area (Å²) in [6.07, 6.45) is 5.45. The van der Waals surface area contributed by atoms with Crippen LogP contribution in [0.3, 0.4) is 0 Å². The van der Waals surface area contributed by atoms with E-state index in [1.54, 1.807) is 12.3 Å². The molecule has 0 saturated carbocycles. The first-order chi connectivity index (χ1) is 13.0. The number of anilines is 1. The zero-order valence-electron chi connectivity index (χ0n) is 15.8. The number of nitrogens with one attached hydrogen (secondary N) is 2. The van der Waals surface area contributed by atoms with Gasteiger partial charge in [0.2, 0.25) is 0 Å². The molecule has 7 heteroatoms. The fourth-order valence-corrected chi connectivity index (χ4v) is 4.48. The number of fused-ring (bicyclic) bond motifs is 2. The molecule has 0 radical (unpaired) electrons. The first-order valence-electron chi connectivity index (χ1n) is 9.62. The van der Waals surface area contributed by atoms with Crippen LogP contribution in [0.4, 0.5) is 5.82 Å². The van der Waals surface area contributed by atoms with E-state index in [0.29, 0.717) is 17.9 Å². The van der Waals surface area contributed by atoms with Crippen molar-refractivity contribution in [3.63, 3.8) is 0 Å². The Morgan fingerprint density at radius 1 is 1.41 bits per heavy atom. The number of carbonyl (C=O) groups is 1. The lowest BCUT2D eigenvalue weighted by molar-refractivity contribution is 0.0955. The fraction of sp³-hybridized carbons (Fsp3) is 0.500. The smallest absolute Gasteiger partial charge is 0.254 e. The van der Waals surface area contributed by atoms with Crippen molar-refractivity contribution in [3.05, 3.63) is 51.3 Å². The normalized spacial score (nSPS) is 21.3. The van der Waals surface area contributed by atoms with E-state index in [1.165, 1.54) is 0 Å². The van der Waals surface area contributed by atoms with Crippen LogP contribution in [-0.2, 0) is 11.8 Å². The second-order valence-electron chi connectivity index (χ2n) is 7.55. The van der Waals surface area contributed by atoms with Crippen molar-refractivity contribution in [2.75, 3.05) is 24.5 Å². The lowest BCUT2D eigenvalue weighted by Gasteiger charge is -2.41. The lowest BCUT2D eigenvalue weighted by Crippen LogP contribution is -2.46. The number of amides is 1. The van der Waals surface area contributed by atoms with Crippen molar-refractivity contribution in [1.82, 2.24) is 20.3 Å². The molecular formula is C20H25N5O2. The Labute approximate surface area is 158 Å². The zero-order chi connectivity index (χ0) is 19.0. The summed E-state index contributed by atoms with van der Waals surface area (Å²) < 4.78 is 0. The van der Waals surface area contributed by atoms with Crippen molar-refractivity contribution >= 4 is 11.7 Å².